The summed E-state index contributed by atoms with van der Waals surface area (Å²) in [7, 11) is 0. The third kappa shape index (κ3) is 3.24. The van der Waals surface area contributed by atoms with Gasteiger partial charge in [-0.1, -0.05) is 18.2 Å². The summed E-state index contributed by atoms with van der Waals surface area (Å²) < 4.78 is 38.0. The highest BCUT2D eigenvalue weighted by molar-refractivity contribution is 7.14. The average Bonchev–Trinajstić information content (AvgIpc) is 2.83. The molecule has 112 valence electrons. The summed E-state index contributed by atoms with van der Waals surface area (Å²) in [5.41, 5.74) is 0.748. The SMILES string of the molecule is CCN(C(=O)c1sc(C(F)(F)F)nc1C)c1ccccc1. The molecular weight excluding hydrogens is 301 g/mol. The fourth-order valence-electron chi connectivity index (χ4n) is 1.89. The smallest absolute Gasteiger partial charge is 0.308 e. The van der Waals surface area contributed by atoms with Crippen molar-refractivity contribution < 1.29 is 18.0 Å². The van der Waals surface area contributed by atoms with Crippen LogP contribution in [0.3, 0.4) is 0 Å². The fraction of sp³-hybridized carbons (Fsp3) is 0.286. The second-order valence-corrected chi connectivity index (χ2v) is 5.32. The second kappa shape index (κ2) is 5.85. The van der Waals surface area contributed by atoms with E-state index >= 15 is 0 Å². The molecule has 7 heteroatoms. The molecule has 0 radical (unpaired) electrons. The monoisotopic (exact) mass is 314 g/mol. The lowest BCUT2D eigenvalue weighted by molar-refractivity contribution is -0.137. The van der Waals surface area contributed by atoms with E-state index in [1.165, 1.54) is 11.8 Å². The van der Waals surface area contributed by atoms with Crippen LogP contribution in [0.25, 0.3) is 0 Å². The molecular formula is C14H13F3N2OS. The van der Waals surface area contributed by atoms with Gasteiger partial charge in [-0.2, -0.15) is 13.2 Å². The van der Waals surface area contributed by atoms with Gasteiger partial charge in [-0.25, -0.2) is 4.98 Å². The summed E-state index contributed by atoms with van der Waals surface area (Å²) in [6.07, 6.45) is -4.53. The van der Waals surface area contributed by atoms with Crippen LogP contribution in [0, 0.1) is 6.92 Å². The Kier molecular flexibility index (Phi) is 4.32. The lowest BCUT2D eigenvalue weighted by atomic mass is 10.2. The molecule has 0 unspecified atom stereocenters. The van der Waals surface area contributed by atoms with Crippen molar-refractivity contribution in [1.29, 1.82) is 0 Å². The van der Waals surface area contributed by atoms with Gasteiger partial charge in [0.05, 0.1) is 5.69 Å². The van der Waals surface area contributed by atoms with Gasteiger partial charge in [-0.3, -0.25) is 4.79 Å². The highest BCUT2D eigenvalue weighted by Gasteiger charge is 2.37. The number of aryl methyl sites for hydroxylation is 1. The molecule has 2 aromatic rings. The Morgan fingerprint density at radius 2 is 1.90 bits per heavy atom. The number of rotatable bonds is 3. The van der Waals surface area contributed by atoms with Crippen LogP contribution in [0.4, 0.5) is 18.9 Å². The van der Waals surface area contributed by atoms with Crippen molar-refractivity contribution >= 4 is 22.9 Å². The Hall–Kier alpha value is -1.89. The minimum atomic E-state index is -4.53. The molecule has 0 saturated carbocycles. The molecule has 1 heterocycles. The maximum atomic E-state index is 12.7. The number of hydrogen-bond donors (Lipinski definition) is 0. The minimum Gasteiger partial charge on any atom is -0.308 e. The van der Waals surface area contributed by atoms with Crippen molar-refractivity contribution in [2.24, 2.45) is 0 Å². The highest BCUT2D eigenvalue weighted by atomic mass is 32.1. The lowest BCUT2D eigenvalue weighted by Gasteiger charge is -2.20. The largest absolute Gasteiger partial charge is 0.443 e. The predicted molar refractivity (Wildman–Crippen MR) is 75.6 cm³/mol. The van der Waals surface area contributed by atoms with E-state index in [2.05, 4.69) is 4.98 Å². The number of benzene rings is 1. The van der Waals surface area contributed by atoms with Gasteiger partial charge < -0.3 is 4.90 Å². The zero-order valence-corrected chi connectivity index (χ0v) is 12.3. The number of para-hydroxylation sites is 1. The zero-order chi connectivity index (χ0) is 15.6. The van der Waals surface area contributed by atoms with Crippen LogP contribution in [-0.4, -0.2) is 17.4 Å². The maximum absolute atomic E-state index is 12.7. The van der Waals surface area contributed by atoms with E-state index in [1.807, 2.05) is 6.07 Å². The molecule has 1 amide bonds. The number of nitrogens with zero attached hydrogens (tertiary/aromatic N) is 2. The first kappa shape index (κ1) is 15.5. The van der Waals surface area contributed by atoms with Gasteiger partial charge in [0.2, 0.25) is 0 Å². The Morgan fingerprint density at radius 3 is 2.38 bits per heavy atom. The summed E-state index contributed by atoms with van der Waals surface area (Å²) >= 11 is 0.386. The summed E-state index contributed by atoms with van der Waals surface area (Å²) in [4.78, 5) is 17.4. The molecule has 0 N–H and O–H groups in total. The van der Waals surface area contributed by atoms with Crippen molar-refractivity contribution in [3.05, 3.63) is 45.9 Å². The average molecular weight is 314 g/mol. The van der Waals surface area contributed by atoms with E-state index in [4.69, 9.17) is 0 Å². The Labute approximate surface area is 124 Å². The molecule has 2 rings (SSSR count). The van der Waals surface area contributed by atoms with Crippen molar-refractivity contribution in [2.75, 3.05) is 11.4 Å². The number of aromatic nitrogens is 1. The van der Waals surface area contributed by atoms with Crippen LogP contribution in [0.15, 0.2) is 30.3 Å². The van der Waals surface area contributed by atoms with Crippen LogP contribution in [0.5, 0.6) is 0 Å². The van der Waals surface area contributed by atoms with E-state index in [9.17, 15) is 18.0 Å². The molecule has 21 heavy (non-hydrogen) atoms. The Morgan fingerprint density at radius 1 is 1.29 bits per heavy atom. The van der Waals surface area contributed by atoms with Gasteiger partial charge in [0, 0.05) is 12.2 Å². The summed E-state index contributed by atoms with van der Waals surface area (Å²) in [6.45, 7) is 3.55. The van der Waals surface area contributed by atoms with Gasteiger partial charge in [0.25, 0.3) is 5.91 Å². The fourth-order valence-corrected chi connectivity index (χ4v) is 2.77. The van der Waals surface area contributed by atoms with E-state index in [1.54, 1.807) is 31.2 Å². The topological polar surface area (TPSA) is 33.2 Å². The first-order chi connectivity index (χ1) is 9.84. The molecule has 0 saturated heterocycles. The third-order valence-electron chi connectivity index (χ3n) is 2.86. The van der Waals surface area contributed by atoms with Crippen molar-refractivity contribution in [3.63, 3.8) is 0 Å². The zero-order valence-electron chi connectivity index (χ0n) is 11.4. The minimum absolute atomic E-state index is 0.0213. The summed E-state index contributed by atoms with van der Waals surface area (Å²) in [5.74, 6) is -0.464. The predicted octanol–water partition coefficient (Wildman–Crippen LogP) is 4.14. The van der Waals surface area contributed by atoms with Crippen molar-refractivity contribution in [2.45, 2.75) is 20.0 Å². The Bertz CT molecular complexity index is 637. The molecule has 0 aliphatic heterocycles. The molecule has 0 bridgehead atoms. The van der Waals surface area contributed by atoms with Crippen LogP contribution in [0.2, 0.25) is 0 Å². The standard InChI is InChI=1S/C14H13F3N2OS/c1-3-19(10-7-5-4-6-8-10)12(20)11-9(2)18-13(21-11)14(15,16)17/h4-8H,3H2,1-2H3. The molecule has 3 nitrogen and oxygen atoms in total. The number of carbonyl (C=O) groups is 1. The number of halogens is 3. The van der Waals surface area contributed by atoms with Crippen LogP contribution in [0.1, 0.15) is 27.3 Å². The number of hydrogen-bond acceptors (Lipinski definition) is 3. The number of carbonyl (C=O) groups excluding carboxylic acids is 1. The van der Waals surface area contributed by atoms with Crippen LogP contribution in [-0.2, 0) is 6.18 Å². The van der Waals surface area contributed by atoms with E-state index < -0.39 is 17.1 Å². The molecule has 0 atom stereocenters. The first-order valence-corrected chi connectivity index (χ1v) is 7.07. The lowest BCUT2D eigenvalue weighted by Crippen LogP contribution is -2.30. The summed E-state index contributed by atoms with van der Waals surface area (Å²) in [5, 5.41) is -0.993. The molecule has 0 aliphatic rings. The van der Waals surface area contributed by atoms with Gasteiger partial charge >= 0.3 is 6.18 Å². The quantitative estimate of drug-likeness (QED) is 0.853. The first-order valence-electron chi connectivity index (χ1n) is 6.26. The normalized spacial score (nSPS) is 11.5. The number of thiazole rings is 1. The third-order valence-corrected chi connectivity index (χ3v) is 4.05. The van der Waals surface area contributed by atoms with Gasteiger partial charge in [0.1, 0.15) is 4.88 Å². The van der Waals surface area contributed by atoms with Crippen LogP contribution >= 0.6 is 11.3 Å². The summed E-state index contributed by atoms with van der Waals surface area (Å²) in [6, 6.07) is 8.82. The number of amides is 1. The molecule has 1 aromatic heterocycles. The highest BCUT2D eigenvalue weighted by Crippen LogP contribution is 2.34. The number of anilines is 1. The van der Waals surface area contributed by atoms with Gasteiger partial charge in [-0.05, 0) is 26.0 Å². The van der Waals surface area contributed by atoms with Crippen LogP contribution < -0.4 is 4.90 Å². The molecule has 1 aromatic carbocycles. The molecule has 0 fully saturated rings. The van der Waals surface area contributed by atoms with Gasteiger partial charge in [0.15, 0.2) is 5.01 Å². The Balaban J connectivity index is 2.37. The molecule has 0 spiro atoms. The van der Waals surface area contributed by atoms with Crippen molar-refractivity contribution in [3.8, 4) is 0 Å². The second-order valence-electron chi connectivity index (χ2n) is 4.32. The van der Waals surface area contributed by atoms with Gasteiger partial charge in [-0.15, -0.1) is 11.3 Å². The molecule has 0 aliphatic carbocycles. The van der Waals surface area contributed by atoms with E-state index in [0.717, 1.165) is 0 Å². The van der Waals surface area contributed by atoms with E-state index in [-0.39, 0.29) is 10.6 Å². The van der Waals surface area contributed by atoms with Crippen molar-refractivity contribution in [1.82, 2.24) is 4.98 Å². The van der Waals surface area contributed by atoms with E-state index in [0.29, 0.717) is 23.6 Å². The maximum Gasteiger partial charge on any atom is 0.443 e. The number of alkyl halides is 3.